The van der Waals surface area contributed by atoms with Crippen LogP contribution >= 0.6 is 23.7 Å². The average molecular weight is 317 g/mol. The Morgan fingerprint density at radius 2 is 2.40 bits per heavy atom. The molecule has 0 atom stereocenters. The first-order chi connectivity index (χ1) is 9.29. The van der Waals surface area contributed by atoms with Crippen LogP contribution in [0.1, 0.15) is 28.0 Å². The molecule has 110 valence electrons. The summed E-state index contributed by atoms with van der Waals surface area (Å²) in [6.45, 7) is 3.50. The molecule has 0 radical (unpaired) electrons. The largest absolute Gasteiger partial charge is 0.461 e. The Morgan fingerprint density at radius 1 is 1.55 bits per heavy atom. The van der Waals surface area contributed by atoms with Crippen LogP contribution in [-0.2, 0) is 17.7 Å². The highest BCUT2D eigenvalue weighted by Crippen LogP contribution is 2.09. The van der Waals surface area contributed by atoms with Gasteiger partial charge in [0.05, 0.1) is 13.2 Å². The van der Waals surface area contributed by atoms with Crippen molar-refractivity contribution in [3.63, 3.8) is 0 Å². The van der Waals surface area contributed by atoms with Gasteiger partial charge in [-0.25, -0.2) is 4.79 Å². The smallest absolute Gasteiger partial charge is 0.360 e. The van der Waals surface area contributed by atoms with Crippen molar-refractivity contribution in [1.82, 2.24) is 10.5 Å². The fourth-order valence-electron chi connectivity index (χ4n) is 1.58. The van der Waals surface area contributed by atoms with Gasteiger partial charge in [-0.05, 0) is 24.8 Å². The molecule has 0 aromatic carbocycles. The summed E-state index contributed by atoms with van der Waals surface area (Å²) < 4.78 is 9.89. The van der Waals surface area contributed by atoms with Crippen molar-refractivity contribution in [3.8, 4) is 0 Å². The third-order valence-electron chi connectivity index (χ3n) is 2.47. The van der Waals surface area contributed by atoms with Gasteiger partial charge in [-0.2, -0.15) is 0 Å². The van der Waals surface area contributed by atoms with E-state index in [0.717, 1.165) is 13.0 Å². The zero-order valence-corrected chi connectivity index (χ0v) is 12.8. The first-order valence-electron chi connectivity index (χ1n) is 6.15. The lowest BCUT2D eigenvalue weighted by Gasteiger charge is -1.99. The second-order valence-electron chi connectivity index (χ2n) is 3.91. The number of esters is 1. The van der Waals surface area contributed by atoms with Gasteiger partial charge in [-0.3, -0.25) is 0 Å². The van der Waals surface area contributed by atoms with Gasteiger partial charge in [-0.1, -0.05) is 11.2 Å². The van der Waals surface area contributed by atoms with E-state index in [1.54, 1.807) is 24.3 Å². The molecule has 0 saturated carbocycles. The van der Waals surface area contributed by atoms with Gasteiger partial charge in [0.25, 0.3) is 0 Å². The summed E-state index contributed by atoms with van der Waals surface area (Å²) in [4.78, 5) is 12.7. The molecule has 0 spiro atoms. The fourth-order valence-corrected chi connectivity index (χ4v) is 2.28. The van der Waals surface area contributed by atoms with Gasteiger partial charge in [0.15, 0.2) is 11.5 Å². The second kappa shape index (κ2) is 8.73. The number of halogens is 1. The molecule has 0 unspecified atom stereocenters. The third kappa shape index (κ3) is 4.96. The molecule has 5 nitrogen and oxygen atoms in total. The molecule has 0 saturated heterocycles. The van der Waals surface area contributed by atoms with Crippen LogP contribution in [0.3, 0.4) is 0 Å². The highest BCUT2D eigenvalue weighted by molar-refractivity contribution is 7.09. The Morgan fingerprint density at radius 3 is 3.10 bits per heavy atom. The van der Waals surface area contributed by atoms with E-state index in [9.17, 15) is 4.79 Å². The molecule has 0 amide bonds. The summed E-state index contributed by atoms with van der Waals surface area (Å²) in [6.07, 6.45) is 0.983. The van der Waals surface area contributed by atoms with Crippen LogP contribution in [0.4, 0.5) is 0 Å². The van der Waals surface area contributed by atoms with Gasteiger partial charge < -0.3 is 14.6 Å². The highest BCUT2D eigenvalue weighted by Gasteiger charge is 2.12. The maximum Gasteiger partial charge on any atom is 0.360 e. The molecule has 0 aliphatic rings. The number of hydrogen-bond donors (Lipinski definition) is 1. The van der Waals surface area contributed by atoms with Crippen molar-refractivity contribution in [1.29, 1.82) is 0 Å². The van der Waals surface area contributed by atoms with Crippen LogP contribution < -0.4 is 5.32 Å². The Balaban J connectivity index is 0.00000200. The number of rotatable bonds is 7. The van der Waals surface area contributed by atoms with Crippen molar-refractivity contribution < 1.29 is 14.1 Å². The summed E-state index contributed by atoms with van der Waals surface area (Å²) in [7, 11) is 0. The molecule has 0 aliphatic heterocycles. The topological polar surface area (TPSA) is 64.4 Å². The van der Waals surface area contributed by atoms with Gasteiger partial charge in [-0.15, -0.1) is 23.7 Å². The van der Waals surface area contributed by atoms with Crippen LogP contribution in [0.25, 0.3) is 0 Å². The van der Waals surface area contributed by atoms with E-state index in [4.69, 9.17) is 9.26 Å². The molecule has 20 heavy (non-hydrogen) atoms. The minimum atomic E-state index is -0.448. The molecule has 2 aromatic rings. The van der Waals surface area contributed by atoms with Crippen LogP contribution in [0.15, 0.2) is 28.1 Å². The number of carbonyl (C=O) groups excluding carboxylic acids is 1. The SMILES string of the molecule is CCOC(=O)c1cc(CNCCc2cccs2)on1.Cl. The minimum absolute atomic E-state index is 0. The van der Waals surface area contributed by atoms with Crippen LogP contribution in [0.5, 0.6) is 0 Å². The van der Waals surface area contributed by atoms with Crippen molar-refractivity contribution in [2.45, 2.75) is 19.9 Å². The highest BCUT2D eigenvalue weighted by atomic mass is 35.5. The standard InChI is InChI=1S/C13H16N2O3S.ClH/c1-2-17-13(16)12-8-10(18-15-12)9-14-6-5-11-4-3-7-19-11;/h3-4,7-8,14H,2,5-6,9H2,1H3;1H. The lowest BCUT2D eigenvalue weighted by atomic mass is 10.3. The molecule has 7 heteroatoms. The molecular weight excluding hydrogens is 300 g/mol. The first kappa shape index (κ1) is 16.7. The first-order valence-corrected chi connectivity index (χ1v) is 7.03. The van der Waals surface area contributed by atoms with Gasteiger partial charge in [0.2, 0.25) is 0 Å². The molecule has 2 heterocycles. The van der Waals surface area contributed by atoms with Crippen molar-refractivity contribution in [3.05, 3.63) is 39.9 Å². The maximum atomic E-state index is 11.4. The van der Waals surface area contributed by atoms with E-state index >= 15 is 0 Å². The van der Waals surface area contributed by atoms with Gasteiger partial charge >= 0.3 is 5.97 Å². The lowest BCUT2D eigenvalue weighted by molar-refractivity contribution is 0.0514. The average Bonchev–Trinajstić information content (AvgIpc) is 3.06. The molecule has 2 aromatic heterocycles. The summed E-state index contributed by atoms with van der Waals surface area (Å²) in [5, 5.41) is 8.99. The molecule has 2 rings (SSSR count). The van der Waals surface area contributed by atoms with E-state index in [0.29, 0.717) is 18.9 Å². The summed E-state index contributed by atoms with van der Waals surface area (Å²) in [5.41, 5.74) is 0.219. The van der Waals surface area contributed by atoms with E-state index in [2.05, 4.69) is 21.9 Å². The van der Waals surface area contributed by atoms with E-state index in [1.807, 2.05) is 6.07 Å². The molecule has 0 fully saturated rings. The molecule has 0 aliphatic carbocycles. The number of carbonyl (C=O) groups is 1. The van der Waals surface area contributed by atoms with Crippen LogP contribution in [0.2, 0.25) is 0 Å². The summed E-state index contributed by atoms with van der Waals surface area (Å²) in [6, 6.07) is 5.76. The third-order valence-corrected chi connectivity index (χ3v) is 3.41. The van der Waals surface area contributed by atoms with E-state index in [1.165, 1.54) is 4.88 Å². The predicted octanol–water partition coefficient (Wildman–Crippen LogP) is 2.67. The van der Waals surface area contributed by atoms with Gasteiger partial charge in [0, 0.05) is 17.5 Å². The fraction of sp³-hybridized carbons (Fsp3) is 0.385. The quantitative estimate of drug-likeness (QED) is 0.628. The molecule has 1 N–H and O–H groups in total. The van der Waals surface area contributed by atoms with Crippen molar-refractivity contribution in [2.75, 3.05) is 13.2 Å². The number of nitrogens with one attached hydrogen (secondary N) is 1. The Kier molecular flexibility index (Phi) is 7.28. The monoisotopic (exact) mass is 316 g/mol. The second-order valence-corrected chi connectivity index (χ2v) is 4.94. The predicted molar refractivity (Wildman–Crippen MR) is 79.4 cm³/mol. The zero-order valence-electron chi connectivity index (χ0n) is 11.1. The number of hydrogen-bond acceptors (Lipinski definition) is 6. The van der Waals surface area contributed by atoms with Gasteiger partial charge in [0.1, 0.15) is 0 Å². The maximum absolute atomic E-state index is 11.4. The lowest BCUT2D eigenvalue weighted by Crippen LogP contribution is -2.15. The Bertz CT molecular complexity index is 513. The van der Waals surface area contributed by atoms with Crippen LogP contribution in [-0.4, -0.2) is 24.3 Å². The van der Waals surface area contributed by atoms with E-state index < -0.39 is 5.97 Å². The molecule has 0 bridgehead atoms. The molecular formula is C13H17ClN2O3S. The van der Waals surface area contributed by atoms with E-state index in [-0.39, 0.29) is 18.1 Å². The Hall–Kier alpha value is -1.37. The van der Waals surface area contributed by atoms with Crippen LogP contribution in [0, 0.1) is 0 Å². The number of aromatic nitrogens is 1. The number of thiophene rings is 1. The number of ether oxygens (including phenoxy) is 1. The summed E-state index contributed by atoms with van der Waals surface area (Å²) in [5.74, 6) is 0.185. The van der Waals surface area contributed by atoms with Crippen molar-refractivity contribution >= 4 is 29.7 Å². The Labute approximate surface area is 127 Å². The normalized spacial score (nSPS) is 10.1. The summed E-state index contributed by atoms with van der Waals surface area (Å²) >= 11 is 1.75. The number of nitrogens with zero attached hydrogens (tertiary/aromatic N) is 1. The zero-order chi connectivity index (χ0) is 13.5. The minimum Gasteiger partial charge on any atom is -0.461 e. The van der Waals surface area contributed by atoms with Crippen molar-refractivity contribution in [2.24, 2.45) is 0 Å².